The molecule has 1 fully saturated rings. The molecule has 1 aromatic heterocycles. The Labute approximate surface area is 106 Å². The molecule has 0 radical (unpaired) electrons. The Morgan fingerprint density at radius 2 is 2.06 bits per heavy atom. The Hall–Kier alpha value is -1.36. The summed E-state index contributed by atoms with van der Waals surface area (Å²) in [7, 11) is 3.18. The summed E-state index contributed by atoms with van der Waals surface area (Å²) in [4.78, 5) is 23.5. The molecule has 0 saturated heterocycles. The summed E-state index contributed by atoms with van der Waals surface area (Å²) in [5, 5.41) is 3.39. The molecule has 0 bridgehead atoms. The Bertz CT molecular complexity index is 540. The van der Waals surface area contributed by atoms with E-state index in [1.807, 2.05) is 0 Å². The average Bonchev–Trinajstić information content (AvgIpc) is 2.27. The fourth-order valence-electron chi connectivity index (χ4n) is 2.38. The van der Waals surface area contributed by atoms with Gasteiger partial charge < -0.3 is 9.88 Å². The lowest BCUT2D eigenvalue weighted by Crippen LogP contribution is -2.42. The molecule has 1 aliphatic rings. The van der Waals surface area contributed by atoms with Crippen molar-refractivity contribution in [3.05, 3.63) is 32.6 Å². The van der Waals surface area contributed by atoms with Crippen LogP contribution in [0.15, 0.2) is 15.8 Å². The number of hydrogen-bond acceptors (Lipinski definition) is 3. The molecule has 1 unspecified atom stereocenters. The second-order valence-electron chi connectivity index (χ2n) is 5.27. The molecule has 5 nitrogen and oxygen atoms in total. The van der Waals surface area contributed by atoms with Crippen LogP contribution in [-0.2, 0) is 20.6 Å². The first-order chi connectivity index (χ1) is 8.50. The lowest BCUT2D eigenvalue weighted by molar-refractivity contribution is 0.239. The predicted octanol–water partition coefficient (Wildman–Crippen LogP) is 0.362. The molecule has 0 aliphatic heterocycles. The minimum absolute atomic E-state index is 0.202. The van der Waals surface area contributed by atoms with Gasteiger partial charge in [-0.15, -0.1) is 0 Å². The van der Waals surface area contributed by atoms with Crippen molar-refractivity contribution in [3.63, 3.8) is 0 Å². The van der Waals surface area contributed by atoms with Gasteiger partial charge in [0.15, 0.2) is 0 Å². The summed E-state index contributed by atoms with van der Waals surface area (Å²) in [5.41, 5.74) is 0.160. The fourth-order valence-corrected chi connectivity index (χ4v) is 2.38. The van der Waals surface area contributed by atoms with E-state index < -0.39 is 0 Å². The van der Waals surface area contributed by atoms with Gasteiger partial charge in [-0.05, 0) is 25.7 Å². The zero-order valence-corrected chi connectivity index (χ0v) is 11.3. The van der Waals surface area contributed by atoms with Crippen molar-refractivity contribution in [3.8, 4) is 0 Å². The first-order valence-electron chi connectivity index (χ1n) is 6.49. The molecule has 2 rings (SSSR count). The third-order valence-electron chi connectivity index (χ3n) is 3.99. The van der Waals surface area contributed by atoms with Crippen molar-refractivity contribution in [2.45, 2.75) is 38.8 Å². The predicted molar refractivity (Wildman–Crippen MR) is 70.6 cm³/mol. The summed E-state index contributed by atoms with van der Waals surface area (Å²) >= 11 is 0. The minimum Gasteiger partial charge on any atom is -0.310 e. The van der Waals surface area contributed by atoms with E-state index in [4.69, 9.17) is 0 Å². The van der Waals surface area contributed by atoms with Crippen LogP contribution in [0.2, 0.25) is 0 Å². The van der Waals surface area contributed by atoms with Crippen LogP contribution in [0.5, 0.6) is 0 Å². The summed E-state index contributed by atoms with van der Waals surface area (Å²) < 4.78 is 2.61. The van der Waals surface area contributed by atoms with Gasteiger partial charge in [-0.1, -0.05) is 6.42 Å². The van der Waals surface area contributed by atoms with E-state index in [1.54, 1.807) is 13.2 Å². The SMILES string of the molecule is CC(NCc1cn(C)c(=O)n(C)c1=O)C1CCC1. The molecule has 1 atom stereocenters. The Morgan fingerprint density at radius 3 is 2.61 bits per heavy atom. The number of nitrogens with zero attached hydrogens (tertiary/aromatic N) is 2. The smallest absolute Gasteiger partial charge is 0.310 e. The highest BCUT2D eigenvalue weighted by molar-refractivity contribution is 5.05. The molecule has 100 valence electrons. The Balaban J connectivity index is 2.09. The maximum Gasteiger partial charge on any atom is 0.330 e. The lowest BCUT2D eigenvalue weighted by atomic mass is 9.80. The largest absolute Gasteiger partial charge is 0.330 e. The van der Waals surface area contributed by atoms with Crippen molar-refractivity contribution in [2.75, 3.05) is 0 Å². The van der Waals surface area contributed by atoms with E-state index >= 15 is 0 Å². The Kier molecular flexibility index (Phi) is 3.71. The Morgan fingerprint density at radius 1 is 1.39 bits per heavy atom. The highest BCUT2D eigenvalue weighted by Crippen LogP contribution is 2.29. The van der Waals surface area contributed by atoms with Crippen LogP contribution in [0.4, 0.5) is 0 Å². The molecule has 0 amide bonds. The number of nitrogens with one attached hydrogen (secondary N) is 1. The molecule has 1 heterocycles. The summed E-state index contributed by atoms with van der Waals surface area (Å²) in [6.07, 6.45) is 5.50. The topological polar surface area (TPSA) is 56.0 Å². The standard InChI is InChI=1S/C13H21N3O2/c1-9(10-5-4-6-10)14-7-11-8-15(2)13(18)16(3)12(11)17/h8-10,14H,4-7H2,1-3H3. The summed E-state index contributed by atoms with van der Waals surface area (Å²) in [6.45, 7) is 2.69. The van der Waals surface area contributed by atoms with Crippen molar-refractivity contribution in [2.24, 2.45) is 20.0 Å². The van der Waals surface area contributed by atoms with Gasteiger partial charge in [0.1, 0.15) is 0 Å². The van der Waals surface area contributed by atoms with Crippen LogP contribution in [0.25, 0.3) is 0 Å². The molecule has 5 heteroatoms. The molecule has 18 heavy (non-hydrogen) atoms. The molecule has 1 N–H and O–H groups in total. The van der Waals surface area contributed by atoms with E-state index in [0.717, 1.165) is 10.5 Å². The van der Waals surface area contributed by atoms with Crippen molar-refractivity contribution in [1.82, 2.24) is 14.5 Å². The zero-order valence-electron chi connectivity index (χ0n) is 11.3. The van der Waals surface area contributed by atoms with Gasteiger partial charge in [0.25, 0.3) is 5.56 Å². The van der Waals surface area contributed by atoms with E-state index in [1.165, 1.54) is 30.9 Å². The first kappa shape index (κ1) is 13.1. The van der Waals surface area contributed by atoms with E-state index in [-0.39, 0.29) is 11.2 Å². The van der Waals surface area contributed by atoms with Gasteiger partial charge in [0, 0.05) is 38.4 Å². The van der Waals surface area contributed by atoms with Crippen LogP contribution in [0.1, 0.15) is 31.7 Å². The summed E-state index contributed by atoms with van der Waals surface area (Å²) in [5.74, 6) is 0.737. The van der Waals surface area contributed by atoms with E-state index in [9.17, 15) is 9.59 Å². The van der Waals surface area contributed by atoms with Gasteiger partial charge >= 0.3 is 5.69 Å². The molecule has 1 aliphatic carbocycles. The highest BCUT2D eigenvalue weighted by Gasteiger charge is 2.23. The lowest BCUT2D eigenvalue weighted by Gasteiger charge is -2.32. The normalized spacial score (nSPS) is 17.5. The van der Waals surface area contributed by atoms with Crippen LogP contribution in [0.3, 0.4) is 0 Å². The van der Waals surface area contributed by atoms with E-state index in [2.05, 4.69) is 12.2 Å². The molecular weight excluding hydrogens is 230 g/mol. The van der Waals surface area contributed by atoms with Crippen molar-refractivity contribution < 1.29 is 0 Å². The molecule has 1 saturated carbocycles. The van der Waals surface area contributed by atoms with Gasteiger partial charge in [-0.25, -0.2) is 4.79 Å². The third kappa shape index (κ3) is 2.41. The van der Waals surface area contributed by atoms with Crippen LogP contribution >= 0.6 is 0 Å². The van der Waals surface area contributed by atoms with Gasteiger partial charge in [0.2, 0.25) is 0 Å². The quantitative estimate of drug-likeness (QED) is 0.840. The molecular formula is C13H21N3O2. The average molecular weight is 251 g/mol. The number of aryl methyl sites for hydroxylation is 1. The minimum atomic E-state index is -0.282. The van der Waals surface area contributed by atoms with Gasteiger partial charge in [0.05, 0.1) is 0 Å². The molecule has 0 spiro atoms. The van der Waals surface area contributed by atoms with E-state index in [0.29, 0.717) is 18.2 Å². The van der Waals surface area contributed by atoms with Crippen LogP contribution in [-0.4, -0.2) is 15.2 Å². The maximum absolute atomic E-state index is 11.9. The van der Waals surface area contributed by atoms with Crippen molar-refractivity contribution in [1.29, 1.82) is 0 Å². The highest BCUT2D eigenvalue weighted by atomic mass is 16.2. The second kappa shape index (κ2) is 5.10. The monoisotopic (exact) mass is 251 g/mol. The van der Waals surface area contributed by atoms with Crippen molar-refractivity contribution >= 4 is 0 Å². The third-order valence-corrected chi connectivity index (χ3v) is 3.99. The molecule has 1 aromatic rings. The number of hydrogen-bond donors (Lipinski definition) is 1. The van der Waals surface area contributed by atoms with Crippen LogP contribution in [0, 0.1) is 5.92 Å². The van der Waals surface area contributed by atoms with Crippen LogP contribution < -0.4 is 16.6 Å². The van der Waals surface area contributed by atoms with Gasteiger partial charge in [-0.2, -0.15) is 0 Å². The molecule has 0 aromatic carbocycles. The second-order valence-corrected chi connectivity index (χ2v) is 5.27. The van der Waals surface area contributed by atoms with Gasteiger partial charge in [-0.3, -0.25) is 9.36 Å². The fraction of sp³-hybridized carbons (Fsp3) is 0.692. The summed E-state index contributed by atoms with van der Waals surface area (Å²) in [6, 6.07) is 0.431. The maximum atomic E-state index is 11.9. The number of aromatic nitrogens is 2. The first-order valence-corrected chi connectivity index (χ1v) is 6.49. The number of rotatable bonds is 4. The zero-order chi connectivity index (χ0) is 13.3.